The molecule has 2 rings (SSSR count). The van der Waals surface area contributed by atoms with E-state index in [4.69, 9.17) is 0 Å². The molecule has 0 aliphatic heterocycles. The van der Waals surface area contributed by atoms with Gasteiger partial charge in [-0.3, -0.25) is 4.79 Å². The molecule has 0 saturated carbocycles. The highest BCUT2D eigenvalue weighted by molar-refractivity contribution is 9.10. The monoisotopic (exact) mass is 321 g/mol. The topological polar surface area (TPSA) is 46.9 Å². The van der Waals surface area contributed by atoms with Crippen LogP contribution in [0.1, 0.15) is 17.5 Å². The summed E-state index contributed by atoms with van der Waals surface area (Å²) in [5.74, 6) is 0.00125. The van der Waals surface area contributed by atoms with Crippen molar-refractivity contribution in [3.05, 3.63) is 46.5 Å². The van der Waals surface area contributed by atoms with E-state index in [-0.39, 0.29) is 5.91 Å². The molecule has 1 N–H and O–H groups in total. The van der Waals surface area contributed by atoms with Gasteiger partial charge >= 0.3 is 0 Å². The van der Waals surface area contributed by atoms with Crippen LogP contribution in [0.25, 0.3) is 0 Å². The molecule has 0 aliphatic carbocycles. The maximum Gasteiger partial charge on any atom is 0.226 e. The number of amides is 1. The summed E-state index contributed by atoms with van der Waals surface area (Å²) in [5, 5.41) is 2.95. The van der Waals surface area contributed by atoms with Gasteiger partial charge in [-0.25, -0.2) is 4.98 Å². The highest BCUT2D eigenvalue weighted by Gasteiger charge is 2.09. The molecule has 0 bridgehead atoms. The lowest BCUT2D eigenvalue weighted by Gasteiger charge is -2.12. The Morgan fingerprint density at radius 3 is 2.84 bits per heavy atom. The van der Waals surface area contributed by atoms with Crippen LogP contribution >= 0.6 is 15.9 Å². The number of nitrogens with zero attached hydrogens (tertiary/aromatic N) is 2. The first-order chi connectivity index (χ1) is 9.06. The van der Waals surface area contributed by atoms with Gasteiger partial charge in [0, 0.05) is 29.8 Å². The van der Waals surface area contributed by atoms with Crippen molar-refractivity contribution >= 4 is 27.5 Å². The minimum Gasteiger partial charge on any atom is -0.337 e. The summed E-state index contributed by atoms with van der Waals surface area (Å²) in [5.41, 5.74) is 3.07. The highest BCUT2D eigenvalue weighted by Crippen LogP contribution is 2.27. The lowest BCUT2D eigenvalue weighted by atomic mass is 10.1. The Kier molecular flexibility index (Phi) is 4.37. The lowest BCUT2D eigenvalue weighted by molar-refractivity contribution is -0.116. The third-order valence-corrected chi connectivity index (χ3v) is 3.48. The van der Waals surface area contributed by atoms with Crippen molar-refractivity contribution in [2.45, 2.75) is 26.8 Å². The van der Waals surface area contributed by atoms with Crippen LogP contribution in [-0.2, 0) is 11.3 Å². The number of benzene rings is 1. The fourth-order valence-corrected chi connectivity index (χ4v) is 2.70. The Morgan fingerprint density at radius 1 is 1.42 bits per heavy atom. The number of carbonyl (C=O) groups is 1. The van der Waals surface area contributed by atoms with Gasteiger partial charge in [0.2, 0.25) is 5.91 Å². The molecule has 0 aliphatic rings. The van der Waals surface area contributed by atoms with Gasteiger partial charge in [0.25, 0.3) is 0 Å². The average Bonchev–Trinajstić information content (AvgIpc) is 2.84. The van der Waals surface area contributed by atoms with E-state index in [1.54, 1.807) is 12.5 Å². The van der Waals surface area contributed by atoms with Gasteiger partial charge in [0.05, 0.1) is 12.0 Å². The molecule has 1 amide bonds. The van der Waals surface area contributed by atoms with Crippen molar-refractivity contribution in [3.63, 3.8) is 0 Å². The van der Waals surface area contributed by atoms with E-state index in [0.717, 1.165) is 15.7 Å². The number of aryl methyl sites for hydroxylation is 3. The third kappa shape index (κ3) is 3.67. The van der Waals surface area contributed by atoms with E-state index in [0.29, 0.717) is 13.0 Å². The van der Waals surface area contributed by atoms with E-state index in [2.05, 4.69) is 32.3 Å². The van der Waals surface area contributed by atoms with Crippen molar-refractivity contribution < 1.29 is 4.79 Å². The molecule has 19 heavy (non-hydrogen) atoms. The number of halogens is 1. The Balaban J connectivity index is 1.99. The molecular formula is C14H16BrN3O. The SMILES string of the molecule is Cc1cc(C)c(NC(=O)CCn2ccnc2)c(Br)c1. The first-order valence-corrected chi connectivity index (χ1v) is 6.88. The molecule has 5 heteroatoms. The van der Waals surface area contributed by atoms with E-state index in [1.165, 1.54) is 5.56 Å². The zero-order valence-corrected chi connectivity index (χ0v) is 12.6. The predicted molar refractivity (Wildman–Crippen MR) is 79.1 cm³/mol. The van der Waals surface area contributed by atoms with Gasteiger partial charge < -0.3 is 9.88 Å². The quantitative estimate of drug-likeness (QED) is 0.939. The first-order valence-electron chi connectivity index (χ1n) is 6.08. The lowest BCUT2D eigenvalue weighted by Crippen LogP contribution is -2.15. The Morgan fingerprint density at radius 2 is 2.21 bits per heavy atom. The summed E-state index contributed by atoms with van der Waals surface area (Å²) >= 11 is 3.49. The maximum atomic E-state index is 11.9. The smallest absolute Gasteiger partial charge is 0.226 e. The van der Waals surface area contributed by atoms with Gasteiger partial charge in [0.1, 0.15) is 0 Å². The van der Waals surface area contributed by atoms with E-state index in [1.807, 2.05) is 30.7 Å². The van der Waals surface area contributed by atoms with Crippen molar-refractivity contribution in [2.24, 2.45) is 0 Å². The van der Waals surface area contributed by atoms with Crippen LogP contribution in [-0.4, -0.2) is 15.5 Å². The molecule has 2 aromatic rings. The van der Waals surface area contributed by atoms with Gasteiger partial charge in [-0.2, -0.15) is 0 Å². The summed E-state index contributed by atoms with van der Waals surface area (Å²) < 4.78 is 2.80. The minimum absolute atomic E-state index is 0.00125. The second kappa shape index (κ2) is 6.02. The average molecular weight is 322 g/mol. The van der Waals surface area contributed by atoms with Gasteiger partial charge in [-0.05, 0) is 47.0 Å². The fourth-order valence-electron chi connectivity index (χ4n) is 1.93. The minimum atomic E-state index is 0.00125. The van der Waals surface area contributed by atoms with Crippen LogP contribution in [0.2, 0.25) is 0 Å². The maximum absolute atomic E-state index is 11.9. The summed E-state index contributed by atoms with van der Waals surface area (Å²) in [6.45, 7) is 4.65. The van der Waals surface area contributed by atoms with E-state index < -0.39 is 0 Å². The second-order valence-electron chi connectivity index (χ2n) is 4.54. The molecule has 0 atom stereocenters. The van der Waals surface area contributed by atoms with Gasteiger partial charge in [0.15, 0.2) is 0 Å². The molecule has 0 unspecified atom stereocenters. The highest BCUT2D eigenvalue weighted by atomic mass is 79.9. The van der Waals surface area contributed by atoms with Crippen LogP contribution in [0.5, 0.6) is 0 Å². The number of nitrogens with one attached hydrogen (secondary N) is 1. The zero-order chi connectivity index (χ0) is 13.8. The number of hydrogen-bond acceptors (Lipinski definition) is 2. The Labute approximate surface area is 121 Å². The van der Waals surface area contributed by atoms with Gasteiger partial charge in [-0.15, -0.1) is 0 Å². The van der Waals surface area contributed by atoms with Crippen molar-refractivity contribution in [2.75, 3.05) is 5.32 Å². The fraction of sp³-hybridized carbons (Fsp3) is 0.286. The molecule has 1 aromatic heterocycles. The molecular weight excluding hydrogens is 306 g/mol. The summed E-state index contributed by atoms with van der Waals surface area (Å²) in [4.78, 5) is 15.9. The number of imidazole rings is 1. The normalized spacial score (nSPS) is 10.5. The first kappa shape index (κ1) is 13.8. The largest absolute Gasteiger partial charge is 0.337 e. The van der Waals surface area contributed by atoms with Crippen LogP contribution in [0, 0.1) is 13.8 Å². The van der Waals surface area contributed by atoms with Crippen molar-refractivity contribution in [1.29, 1.82) is 0 Å². The molecule has 0 saturated heterocycles. The van der Waals surface area contributed by atoms with Crippen molar-refractivity contribution in [1.82, 2.24) is 9.55 Å². The summed E-state index contributed by atoms with van der Waals surface area (Å²) in [6.07, 6.45) is 5.69. The molecule has 0 radical (unpaired) electrons. The second-order valence-corrected chi connectivity index (χ2v) is 5.39. The number of aromatic nitrogens is 2. The molecule has 100 valence electrons. The molecule has 4 nitrogen and oxygen atoms in total. The standard InChI is InChI=1S/C14H16BrN3O/c1-10-7-11(2)14(12(15)8-10)17-13(19)3-5-18-6-4-16-9-18/h4,6-9H,3,5H2,1-2H3,(H,17,19). The van der Waals surface area contributed by atoms with Crippen LogP contribution < -0.4 is 5.32 Å². The van der Waals surface area contributed by atoms with Gasteiger partial charge in [-0.1, -0.05) is 6.07 Å². The molecule has 1 heterocycles. The molecule has 1 aromatic carbocycles. The van der Waals surface area contributed by atoms with Crippen molar-refractivity contribution in [3.8, 4) is 0 Å². The molecule has 0 fully saturated rings. The van der Waals surface area contributed by atoms with E-state index in [9.17, 15) is 4.79 Å². The van der Waals surface area contributed by atoms with Crippen LogP contribution in [0.3, 0.4) is 0 Å². The van der Waals surface area contributed by atoms with Crippen LogP contribution in [0.4, 0.5) is 5.69 Å². The number of carbonyl (C=O) groups excluding carboxylic acids is 1. The summed E-state index contributed by atoms with van der Waals surface area (Å²) in [6, 6.07) is 4.05. The summed E-state index contributed by atoms with van der Waals surface area (Å²) in [7, 11) is 0. The predicted octanol–water partition coefficient (Wildman–Crippen LogP) is 3.29. The number of rotatable bonds is 4. The molecule has 0 spiro atoms. The number of hydrogen-bond donors (Lipinski definition) is 1. The third-order valence-electron chi connectivity index (χ3n) is 2.85. The van der Waals surface area contributed by atoms with Crippen LogP contribution in [0.15, 0.2) is 35.3 Å². The Hall–Kier alpha value is -1.62. The Bertz CT molecular complexity index is 555. The zero-order valence-electron chi connectivity index (χ0n) is 11.0. The van der Waals surface area contributed by atoms with E-state index >= 15 is 0 Å². The number of anilines is 1.